The van der Waals surface area contributed by atoms with Crippen molar-refractivity contribution >= 4 is 29.1 Å². The SMILES string of the molecule is C[C@H](Nc1nc(Nc2ccc(C3CCN(C)CC3)cc2OC2CCCC2)ncc1Cl)C1CCOCC1. The predicted octanol–water partition coefficient (Wildman–Crippen LogP) is 6.23. The minimum Gasteiger partial charge on any atom is -0.488 e. The molecule has 1 aromatic heterocycles. The van der Waals surface area contributed by atoms with Gasteiger partial charge >= 0.3 is 0 Å². The van der Waals surface area contributed by atoms with Crippen molar-refractivity contribution in [3.8, 4) is 5.75 Å². The van der Waals surface area contributed by atoms with Crippen LogP contribution in [0.3, 0.4) is 0 Å². The maximum atomic E-state index is 6.55. The molecule has 2 saturated heterocycles. The number of halogens is 1. The van der Waals surface area contributed by atoms with Gasteiger partial charge in [0.2, 0.25) is 5.95 Å². The van der Waals surface area contributed by atoms with Crippen molar-refractivity contribution in [2.45, 2.75) is 76.4 Å². The van der Waals surface area contributed by atoms with Gasteiger partial charge in [0.1, 0.15) is 10.8 Å². The third-order valence-corrected chi connectivity index (χ3v) is 8.40. The van der Waals surface area contributed by atoms with Crippen LogP contribution in [0.4, 0.5) is 17.5 Å². The molecule has 0 radical (unpaired) electrons. The number of ether oxygens (including phenoxy) is 2. The Balaban J connectivity index is 1.34. The predicted molar refractivity (Wildman–Crippen MR) is 146 cm³/mol. The number of anilines is 3. The lowest BCUT2D eigenvalue weighted by Gasteiger charge is -2.30. The van der Waals surface area contributed by atoms with Crippen molar-refractivity contribution in [3.05, 3.63) is 35.0 Å². The van der Waals surface area contributed by atoms with E-state index in [1.165, 1.54) is 31.2 Å². The number of nitrogens with one attached hydrogen (secondary N) is 2. The molecule has 1 atom stereocenters. The summed E-state index contributed by atoms with van der Waals surface area (Å²) >= 11 is 6.48. The fourth-order valence-corrected chi connectivity index (χ4v) is 5.87. The second-order valence-corrected chi connectivity index (χ2v) is 11.2. The van der Waals surface area contributed by atoms with Crippen LogP contribution in [-0.4, -0.2) is 60.4 Å². The Kier molecular flexibility index (Phi) is 8.50. The average Bonchev–Trinajstić information content (AvgIpc) is 3.41. The number of nitrogens with zero attached hydrogens (tertiary/aromatic N) is 3. The Hall–Kier alpha value is -2.09. The molecule has 2 aliphatic heterocycles. The maximum absolute atomic E-state index is 6.55. The lowest BCUT2D eigenvalue weighted by atomic mass is 9.89. The Bertz CT molecular complexity index is 1000. The third kappa shape index (κ3) is 6.42. The largest absolute Gasteiger partial charge is 0.488 e. The molecule has 3 aliphatic rings. The fraction of sp³-hybridized carbons (Fsp3) is 0.643. The van der Waals surface area contributed by atoms with Crippen LogP contribution in [0.2, 0.25) is 5.02 Å². The van der Waals surface area contributed by atoms with Crippen LogP contribution in [-0.2, 0) is 4.74 Å². The molecule has 1 aromatic carbocycles. The highest BCUT2D eigenvalue weighted by Gasteiger charge is 2.24. The highest BCUT2D eigenvalue weighted by Crippen LogP contribution is 2.37. The summed E-state index contributed by atoms with van der Waals surface area (Å²) in [7, 11) is 2.21. The van der Waals surface area contributed by atoms with E-state index in [1.807, 2.05) is 0 Å². The van der Waals surface area contributed by atoms with E-state index in [9.17, 15) is 0 Å². The van der Waals surface area contributed by atoms with Gasteiger partial charge in [0.25, 0.3) is 0 Å². The average molecular weight is 514 g/mol. The summed E-state index contributed by atoms with van der Waals surface area (Å²) in [5, 5.41) is 7.48. The Morgan fingerprint density at radius 2 is 1.83 bits per heavy atom. The molecule has 0 bridgehead atoms. The fourth-order valence-electron chi connectivity index (χ4n) is 5.72. The number of hydrogen-bond donors (Lipinski definition) is 2. The summed E-state index contributed by atoms with van der Waals surface area (Å²) in [5.41, 5.74) is 2.27. The van der Waals surface area contributed by atoms with Crippen LogP contribution in [0.1, 0.15) is 69.8 Å². The molecule has 0 unspecified atom stereocenters. The van der Waals surface area contributed by atoms with Crippen LogP contribution in [0, 0.1) is 5.92 Å². The number of likely N-dealkylation sites (tertiary alicyclic amines) is 1. The van der Waals surface area contributed by atoms with Gasteiger partial charge in [-0.15, -0.1) is 0 Å². The molecule has 196 valence electrons. The standard InChI is InChI=1S/C28H40ClN5O2/c1-19(20-11-15-35-16-12-20)31-27-24(29)18-30-28(33-27)32-25-8-7-22(21-9-13-34(2)14-10-21)17-26(25)36-23-5-3-4-6-23/h7-8,17-21,23H,3-6,9-16H2,1-2H3,(H2,30,31,32,33)/t19-/m0/s1. The van der Waals surface area contributed by atoms with Crippen molar-refractivity contribution in [1.82, 2.24) is 14.9 Å². The van der Waals surface area contributed by atoms with Crippen LogP contribution in [0.25, 0.3) is 0 Å². The van der Waals surface area contributed by atoms with Crippen molar-refractivity contribution in [3.63, 3.8) is 0 Å². The van der Waals surface area contributed by atoms with Crippen molar-refractivity contribution < 1.29 is 9.47 Å². The van der Waals surface area contributed by atoms with Crippen molar-refractivity contribution in [2.24, 2.45) is 5.92 Å². The smallest absolute Gasteiger partial charge is 0.229 e. The van der Waals surface area contributed by atoms with E-state index in [1.54, 1.807) is 6.20 Å². The molecule has 0 amide bonds. The summed E-state index contributed by atoms with van der Waals surface area (Å²) in [6.45, 7) is 6.11. The molecule has 7 nitrogen and oxygen atoms in total. The van der Waals surface area contributed by atoms with Crippen LogP contribution < -0.4 is 15.4 Å². The van der Waals surface area contributed by atoms with Crippen molar-refractivity contribution in [1.29, 1.82) is 0 Å². The third-order valence-electron chi connectivity index (χ3n) is 8.12. The van der Waals surface area contributed by atoms with E-state index < -0.39 is 0 Å². The number of hydrogen-bond acceptors (Lipinski definition) is 7. The molecular weight excluding hydrogens is 474 g/mol. The van der Waals surface area contributed by atoms with E-state index in [0.717, 1.165) is 63.4 Å². The van der Waals surface area contributed by atoms with E-state index >= 15 is 0 Å². The van der Waals surface area contributed by atoms with Gasteiger partial charge in [0.15, 0.2) is 5.82 Å². The molecule has 5 rings (SSSR count). The summed E-state index contributed by atoms with van der Waals surface area (Å²) in [4.78, 5) is 11.6. The van der Waals surface area contributed by atoms with Gasteiger partial charge < -0.3 is 25.0 Å². The molecule has 3 heterocycles. The topological polar surface area (TPSA) is 71.5 Å². The molecule has 3 fully saturated rings. The number of benzene rings is 1. The zero-order valence-corrected chi connectivity index (χ0v) is 22.4. The zero-order chi connectivity index (χ0) is 24.9. The minimum atomic E-state index is 0.254. The first-order valence-corrected chi connectivity index (χ1v) is 14.1. The van der Waals surface area contributed by atoms with E-state index in [-0.39, 0.29) is 12.1 Å². The Labute approximate surface area is 220 Å². The van der Waals surface area contributed by atoms with E-state index in [4.69, 9.17) is 26.1 Å². The quantitative estimate of drug-likeness (QED) is 0.433. The van der Waals surface area contributed by atoms with Gasteiger partial charge in [-0.05, 0) is 108 Å². The monoisotopic (exact) mass is 513 g/mol. The van der Waals surface area contributed by atoms with Gasteiger partial charge in [-0.25, -0.2) is 4.98 Å². The van der Waals surface area contributed by atoms with E-state index in [2.05, 4.69) is 52.7 Å². The summed E-state index contributed by atoms with van der Waals surface area (Å²) < 4.78 is 12.1. The lowest BCUT2D eigenvalue weighted by Crippen LogP contribution is -2.31. The molecule has 1 aliphatic carbocycles. The van der Waals surface area contributed by atoms with Gasteiger partial charge in [-0.1, -0.05) is 17.7 Å². The Morgan fingerprint density at radius 1 is 1.08 bits per heavy atom. The highest BCUT2D eigenvalue weighted by molar-refractivity contribution is 6.32. The molecule has 1 saturated carbocycles. The first kappa shape index (κ1) is 25.6. The first-order chi connectivity index (χ1) is 17.5. The minimum absolute atomic E-state index is 0.254. The molecule has 2 aromatic rings. The summed E-state index contributed by atoms with van der Waals surface area (Å²) in [5.74, 6) is 3.20. The van der Waals surface area contributed by atoms with Crippen LogP contribution in [0.5, 0.6) is 5.75 Å². The van der Waals surface area contributed by atoms with E-state index in [0.29, 0.717) is 28.6 Å². The summed E-state index contributed by atoms with van der Waals surface area (Å²) in [6, 6.07) is 6.87. The van der Waals surface area contributed by atoms with Gasteiger partial charge in [0, 0.05) is 19.3 Å². The van der Waals surface area contributed by atoms with Gasteiger partial charge in [-0.2, -0.15) is 4.98 Å². The summed E-state index contributed by atoms with van der Waals surface area (Å²) in [6.07, 6.45) is 11.1. The highest BCUT2D eigenvalue weighted by atomic mass is 35.5. The first-order valence-electron chi connectivity index (χ1n) is 13.7. The molecule has 0 spiro atoms. The second-order valence-electron chi connectivity index (χ2n) is 10.8. The lowest BCUT2D eigenvalue weighted by molar-refractivity contribution is 0.0622. The number of piperidine rings is 1. The normalized spacial score (nSPS) is 21.4. The Morgan fingerprint density at radius 3 is 2.58 bits per heavy atom. The van der Waals surface area contributed by atoms with Crippen LogP contribution >= 0.6 is 11.6 Å². The second kappa shape index (κ2) is 12.0. The van der Waals surface area contributed by atoms with Crippen molar-refractivity contribution in [2.75, 3.05) is 44.0 Å². The molecule has 2 N–H and O–H groups in total. The van der Waals surface area contributed by atoms with Crippen LogP contribution in [0.15, 0.2) is 24.4 Å². The van der Waals surface area contributed by atoms with Gasteiger partial charge in [-0.3, -0.25) is 0 Å². The molecular formula is C28H40ClN5O2. The maximum Gasteiger partial charge on any atom is 0.229 e. The number of aromatic nitrogens is 2. The number of rotatable bonds is 8. The molecule has 8 heteroatoms. The molecule has 36 heavy (non-hydrogen) atoms. The zero-order valence-electron chi connectivity index (χ0n) is 21.6. The van der Waals surface area contributed by atoms with Gasteiger partial charge in [0.05, 0.1) is 18.0 Å².